The van der Waals surface area contributed by atoms with Crippen LogP contribution < -0.4 is 5.32 Å². The van der Waals surface area contributed by atoms with Crippen molar-refractivity contribution in [2.24, 2.45) is 23.7 Å². The smallest absolute Gasteiger partial charge is 0.243 e. The van der Waals surface area contributed by atoms with Crippen LogP contribution in [0.15, 0.2) is 30.9 Å². The summed E-state index contributed by atoms with van der Waals surface area (Å²) in [6.45, 7) is 6.53. The molecule has 0 aliphatic heterocycles. The van der Waals surface area contributed by atoms with E-state index in [0.29, 0.717) is 17.8 Å². The third-order valence-corrected chi connectivity index (χ3v) is 10.6. The second kappa shape index (κ2) is 15.2. The zero-order valence-electron chi connectivity index (χ0n) is 24.2. The predicted octanol–water partition coefficient (Wildman–Crippen LogP) is 9.84. The molecule has 1 N–H and O–H groups in total. The third-order valence-electron chi connectivity index (χ3n) is 10.6. The summed E-state index contributed by atoms with van der Waals surface area (Å²) in [6, 6.07) is 6.29. The van der Waals surface area contributed by atoms with Gasteiger partial charge in [0.2, 0.25) is 5.91 Å². The average Bonchev–Trinajstić information content (AvgIpc) is 2.96. The Morgan fingerprint density at radius 3 is 2.03 bits per heavy atom. The molecule has 38 heavy (non-hydrogen) atoms. The van der Waals surface area contributed by atoms with Crippen molar-refractivity contribution in [1.29, 1.82) is 0 Å². The molecule has 0 unspecified atom stereocenters. The minimum atomic E-state index is -0.0870. The molecule has 1 aromatic carbocycles. The van der Waals surface area contributed by atoms with Gasteiger partial charge in [0.05, 0.1) is 0 Å². The summed E-state index contributed by atoms with van der Waals surface area (Å²) in [6.07, 6.45) is 24.7. The third kappa shape index (κ3) is 8.43. The minimum Gasteiger partial charge on any atom is -0.353 e. The second-order valence-corrected chi connectivity index (χ2v) is 13.0. The van der Waals surface area contributed by atoms with E-state index in [0.717, 1.165) is 55.5 Å². The van der Waals surface area contributed by atoms with Crippen molar-refractivity contribution in [3.63, 3.8) is 0 Å². The van der Waals surface area contributed by atoms with Crippen molar-refractivity contribution in [2.75, 3.05) is 6.54 Å². The summed E-state index contributed by atoms with van der Waals surface area (Å²) in [7, 11) is 0. The molecule has 0 heterocycles. The van der Waals surface area contributed by atoms with E-state index in [4.69, 9.17) is 0 Å². The molecule has 0 aromatic heterocycles. The van der Waals surface area contributed by atoms with Gasteiger partial charge in [-0.25, -0.2) is 4.39 Å². The maximum atomic E-state index is 15.3. The summed E-state index contributed by atoms with van der Waals surface area (Å²) in [5, 5.41) is 2.87. The summed E-state index contributed by atoms with van der Waals surface area (Å²) in [5.41, 5.74) is 2.20. The van der Waals surface area contributed by atoms with Gasteiger partial charge in [0.1, 0.15) is 5.82 Å². The quantitative estimate of drug-likeness (QED) is 0.214. The zero-order chi connectivity index (χ0) is 26.7. The number of unbranched alkanes of at least 4 members (excludes halogenated alkanes) is 2. The first-order chi connectivity index (χ1) is 18.6. The molecule has 1 amide bonds. The number of rotatable bonds is 12. The van der Waals surface area contributed by atoms with E-state index in [2.05, 4.69) is 31.0 Å². The van der Waals surface area contributed by atoms with Crippen LogP contribution in [0.5, 0.6) is 0 Å². The van der Waals surface area contributed by atoms with Crippen molar-refractivity contribution in [1.82, 2.24) is 5.32 Å². The number of carbonyl (C=O) groups excluding carboxylic acids is 1. The highest BCUT2D eigenvalue weighted by molar-refractivity contribution is 5.86. The van der Waals surface area contributed by atoms with Crippen LogP contribution >= 0.6 is 0 Å². The van der Waals surface area contributed by atoms with Crippen LogP contribution in [0, 0.1) is 29.5 Å². The van der Waals surface area contributed by atoms with E-state index < -0.39 is 0 Å². The fourth-order valence-electron chi connectivity index (χ4n) is 8.12. The minimum absolute atomic E-state index is 0.0432. The molecule has 3 heteroatoms. The number of carbonyl (C=O) groups is 1. The average molecular weight is 524 g/mol. The van der Waals surface area contributed by atoms with E-state index in [1.807, 2.05) is 6.07 Å². The Bertz CT molecular complexity index is 857. The summed E-state index contributed by atoms with van der Waals surface area (Å²) in [4.78, 5) is 11.3. The molecule has 3 aliphatic rings. The first kappa shape index (κ1) is 29.3. The lowest BCUT2D eigenvalue weighted by Crippen LogP contribution is -2.25. The maximum absolute atomic E-state index is 15.3. The number of benzene rings is 1. The fraction of sp³-hybridized carbons (Fsp3) is 0.743. The maximum Gasteiger partial charge on any atom is 0.243 e. The number of hydrogen-bond donors (Lipinski definition) is 1. The molecule has 0 radical (unpaired) electrons. The van der Waals surface area contributed by atoms with Gasteiger partial charge in [-0.15, -0.1) is 0 Å². The van der Waals surface area contributed by atoms with Gasteiger partial charge < -0.3 is 5.32 Å². The SMILES string of the molecule is C=CC(=O)NCCCC1CCC(c2ccc(C3CCC(C4CCC(CCCCC)CC4)CC3)cc2F)CC1. The largest absolute Gasteiger partial charge is 0.353 e. The Labute approximate surface area is 232 Å². The Morgan fingerprint density at radius 2 is 1.42 bits per heavy atom. The molecule has 2 nitrogen and oxygen atoms in total. The van der Waals surface area contributed by atoms with E-state index >= 15 is 4.39 Å². The molecule has 212 valence electrons. The van der Waals surface area contributed by atoms with Gasteiger partial charge in [-0.2, -0.15) is 0 Å². The Balaban J connectivity index is 1.17. The van der Waals surface area contributed by atoms with Gasteiger partial charge in [-0.1, -0.05) is 64.2 Å². The lowest BCUT2D eigenvalue weighted by molar-refractivity contribution is -0.116. The highest BCUT2D eigenvalue weighted by Crippen LogP contribution is 2.45. The van der Waals surface area contributed by atoms with E-state index in [9.17, 15) is 4.79 Å². The summed E-state index contributed by atoms with van der Waals surface area (Å²) in [5.74, 6) is 4.46. The number of amides is 1. The van der Waals surface area contributed by atoms with Gasteiger partial charge >= 0.3 is 0 Å². The van der Waals surface area contributed by atoms with E-state index in [1.54, 1.807) is 0 Å². The molecule has 0 atom stereocenters. The molecule has 3 aliphatic carbocycles. The van der Waals surface area contributed by atoms with Crippen molar-refractivity contribution < 1.29 is 9.18 Å². The van der Waals surface area contributed by atoms with Crippen LogP contribution in [-0.4, -0.2) is 12.5 Å². The van der Waals surface area contributed by atoms with E-state index in [-0.39, 0.29) is 11.7 Å². The van der Waals surface area contributed by atoms with Gasteiger partial charge in [0, 0.05) is 6.54 Å². The first-order valence-corrected chi connectivity index (χ1v) is 16.3. The second-order valence-electron chi connectivity index (χ2n) is 13.0. The van der Waals surface area contributed by atoms with Crippen molar-refractivity contribution in [3.8, 4) is 0 Å². The molecule has 4 rings (SSSR count). The lowest BCUT2D eigenvalue weighted by Gasteiger charge is -2.38. The van der Waals surface area contributed by atoms with Gasteiger partial charge in [0.15, 0.2) is 0 Å². The molecule has 3 saturated carbocycles. The van der Waals surface area contributed by atoms with Crippen LogP contribution in [0.4, 0.5) is 4.39 Å². The Kier molecular flexibility index (Phi) is 11.8. The molecule has 0 spiro atoms. The summed E-state index contributed by atoms with van der Waals surface area (Å²) < 4.78 is 15.3. The van der Waals surface area contributed by atoms with Gasteiger partial charge in [-0.3, -0.25) is 4.79 Å². The van der Waals surface area contributed by atoms with Crippen molar-refractivity contribution in [3.05, 3.63) is 47.8 Å². The highest BCUT2D eigenvalue weighted by Gasteiger charge is 2.32. The predicted molar refractivity (Wildman–Crippen MR) is 158 cm³/mol. The van der Waals surface area contributed by atoms with Crippen LogP contribution in [-0.2, 0) is 4.79 Å². The van der Waals surface area contributed by atoms with Crippen LogP contribution in [0.3, 0.4) is 0 Å². The highest BCUT2D eigenvalue weighted by atomic mass is 19.1. The molecule has 0 saturated heterocycles. The number of halogens is 1. The van der Waals surface area contributed by atoms with E-state index in [1.165, 1.54) is 102 Å². The first-order valence-electron chi connectivity index (χ1n) is 16.3. The lowest BCUT2D eigenvalue weighted by atomic mass is 9.68. The zero-order valence-corrected chi connectivity index (χ0v) is 24.2. The molecule has 1 aromatic rings. The van der Waals surface area contributed by atoms with Crippen LogP contribution in [0.25, 0.3) is 0 Å². The van der Waals surface area contributed by atoms with Crippen molar-refractivity contribution >= 4 is 5.91 Å². The number of hydrogen-bond acceptors (Lipinski definition) is 1. The monoisotopic (exact) mass is 523 g/mol. The fourth-order valence-corrected chi connectivity index (χ4v) is 8.12. The Hall–Kier alpha value is -1.64. The van der Waals surface area contributed by atoms with Crippen LogP contribution in [0.2, 0.25) is 0 Å². The van der Waals surface area contributed by atoms with Gasteiger partial charge in [-0.05, 0) is 136 Å². The molecular formula is C35H54FNO. The van der Waals surface area contributed by atoms with Gasteiger partial charge in [0.25, 0.3) is 0 Å². The normalized spacial score (nSPS) is 30.1. The topological polar surface area (TPSA) is 29.1 Å². The molecule has 0 bridgehead atoms. The van der Waals surface area contributed by atoms with Crippen molar-refractivity contribution in [2.45, 2.75) is 134 Å². The Morgan fingerprint density at radius 1 is 0.842 bits per heavy atom. The number of nitrogens with one attached hydrogen (secondary N) is 1. The molecule has 3 fully saturated rings. The van der Waals surface area contributed by atoms with Crippen LogP contribution in [0.1, 0.15) is 145 Å². The standard InChI is InChI=1S/C35H54FNO/c1-3-5-6-8-26-10-14-28(15-11-26)29-18-20-30(21-19-29)32-22-23-33(34(36)25-32)31-16-12-27(13-17-31)9-7-24-37-35(38)4-2/h4,22-23,25-31H,2-3,5-21,24H2,1H3,(H,37,38). The molecular weight excluding hydrogens is 469 g/mol. The summed E-state index contributed by atoms with van der Waals surface area (Å²) >= 11 is 0.